The Kier molecular flexibility index (Phi) is 10.4. The molecule has 0 bridgehead atoms. The molecule has 1 fully saturated rings. The van der Waals surface area contributed by atoms with Crippen LogP contribution in [0.1, 0.15) is 12.6 Å². The second-order valence-electron chi connectivity index (χ2n) is 6.04. The average Bonchev–Trinajstić information content (AvgIpc) is 3.23. The van der Waals surface area contributed by atoms with Gasteiger partial charge in [-0.25, -0.2) is 15.0 Å². The van der Waals surface area contributed by atoms with E-state index in [0.717, 1.165) is 5.32 Å². The van der Waals surface area contributed by atoms with Gasteiger partial charge in [-0.2, -0.15) is 0 Å². The molecule has 12 nitrogen and oxygen atoms in total. The summed E-state index contributed by atoms with van der Waals surface area (Å²) in [6, 6.07) is -0.646. The number of hydrogen-bond acceptors (Lipinski definition) is 10. The van der Waals surface area contributed by atoms with Crippen LogP contribution in [-0.2, 0) is 9.53 Å². The molecular formula is C15H24N6O6Se2. The van der Waals surface area contributed by atoms with Gasteiger partial charge in [0.2, 0.25) is 0 Å². The zero-order chi connectivity index (χ0) is 20.8. The number of fused-ring (bicyclic) bond motifs is 1. The summed E-state index contributed by atoms with van der Waals surface area (Å²) in [4.78, 5) is 22.0. The molecule has 1 saturated heterocycles. The van der Waals surface area contributed by atoms with Gasteiger partial charge in [0.05, 0.1) is 12.9 Å². The van der Waals surface area contributed by atoms with E-state index in [4.69, 9.17) is 26.4 Å². The summed E-state index contributed by atoms with van der Waals surface area (Å²) in [5, 5.41) is 38.0. The number of nitrogens with two attached hydrogens (primary N) is 2. The molecule has 5 atom stereocenters. The fourth-order valence-electron chi connectivity index (χ4n) is 2.53. The normalized spacial score (nSPS) is 24.4. The van der Waals surface area contributed by atoms with E-state index in [1.165, 1.54) is 17.2 Å². The van der Waals surface area contributed by atoms with Gasteiger partial charge in [0.25, 0.3) is 0 Å². The fraction of sp³-hybridized carbons (Fsp3) is 0.600. The number of carboxylic acid groups (broad SMARTS) is 1. The molecule has 0 aromatic carbocycles. The van der Waals surface area contributed by atoms with Crippen molar-refractivity contribution >= 4 is 55.0 Å². The maximum atomic E-state index is 10.1. The summed E-state index contributed by atoms with van der Waals surface area (Å²) >= 11 is 0.549. The van der Waals surface area contributed by atoms with E-state index in [9.17, 15) is 15.0 Å². The van der Waals surface area contributed by atoms with Crippen LogP contribution >= 0.6 is 0 Å². The van der Waals surface area contributed by atoms with Crippen LogP contribution < -0.4 is 11.5 Å². The van der Waals surface area contributed by atoms with E-state index in [1.807, 2.05) is 0 Å². The first-order chi connectivity index (χ1) is 13.3. The van der Waals surface area contributed by atoms with E-state index in [-0.39, 0.29) is 22.9 Å². The van der Waals surface area contributed by atoms with Crippen molar-refractivity contribution in [2.45, 2.75) is 48.1 Å². The minimum atomic E-state index is -1.19. The van der Waals surface area contributed by atoms with Crippen molar-refractivity contribution in [1.82, 2.24) is 19.5 Å². The Morgan fingerprint density at radius 2 is 2.03 bits per heavy atom. The third-order valence-corrected chi connectivity index (χ3v) is 5.48. The molecule has 0 aliphatic carbocycles. The number of aliphatic hydroxyl groups is 3. The molecule has 0 spiro atoms. The first-order valence-corrected chi connectivity index (χ1v) is 11.3. The monoisotopic (exact) mass is 544 g/mol. The summed E-state index contributed by atoms with van der Waals surface area (Å²) in [7, 11) is 0. The number of nitrogen functional groups attached to an aromatic ring is 1. The molecule has 1 aliphatic rings. The Bertz CT molecular complexity index is 796. The van der Waals surface area contributed by atoms with Crippen molar-refractivity contribution in [1.29, 1.82) is 0 Å². The molecular weight excluding hydrogens is 518 g/mol. The summed E-state index contributed by atoms with van der Waals surface area (Å²) in [6.45, 7) is -0.390. The minimum absolute atomic E-state index is 0. The van der Waals surface area contributed by atoms with E-state index >= 15 is 0 Å². The van der Waals surface area contributed by atoms with Gasteiger partial charge in [0.1, 0.15) is 30.2 Å². The molecule has 3 rings (SSSR count). The third-order valence-electron chi connectivity index (χ3n) is 4.13. The molecule has 1 aliphatic heterocycles. The Morgan fingerprint density at radius 3 is 2.59 bits per heavy atom. The zero-order valence-corrected chi connectivity index (χ0v) is 19.0. The summed E-state index contributed by atoms with van der Waals surface area (Å²) < 4.78 is 6.85. The number of aliphatic hydroxyl groups excluding tert-OH is 3. The van der Waals surface area contributed by atoms with Gasteiger partial charge >= 0.3 is 60.2 Å². The van der Waals surface area contributed by atoms with E-state index in [2.05, 4.69) is 20.8 Å². The molecule has 3 heterocycles. The van der Waals surface area contributed by atoms with Crippen LogP contribution in [0.2, 0.25) is 11.1 Å². The summed E-state index contributed by atoms with van der Waals surface area (Å²) in [5.41, 5.74) is 11.7. The van der Waals surface area contributed by atoms with Crippen LogP contribution in [-0.4, -0.2) is 109 Å². The van der Waals surface area contributed by atoms with Gasteiger partial charge in [0, 0.05) is 17.1 Å². The Morgan fingerprint density at radius 1 is 1.34 bits per heavy atom. The molecule has 14 heteroatoms. The van der Waals surface area contributed by atoms with Crippen LogP contribution in [0.15, 0.2) is 12.7 Å². The van der Waals surface area contributed by atoms with Crippen molar-refractivity contribution in [3.63, 3.8) is 0 Å². The zero-order valence-electron chi connectivity index (χ0n) is 15.5. The molecule has 2 aromatic heterocycles. The van der Waals surface area contributed by atoms with Crippen LogP contribution in [0, 0.1) is 0 Å². The maximum absolute atomic E-state index is 10.1. The molecule has 2 aromatic rings. The van der Waals surface area contributed by atoms with Crippen LogP contribution in [0.4, 0.5) is 5.82 Å². The number of anilines is 1. The molecule has 162 valence electrons. The van der Waals surface area contributed by atoms with E-state index in [1.54, 1.807) is 0 Å². The van der Waals surface area contributed by atoms with Gasteiger partial charge in [0.15, 0.2) is 17.7 Å². The Labute approximate surface area is 183 Å². The summed E-state index contributed by atoms with van der Waals surface area (Å²) in [6.07, 6.45) is -0.806. The molecule has 2 radical (unpaired) electrons. The quantitative estimate of drug-likeness (QED) is 0.212. The van der Waals surface area contributed by atoms with Crippen LogP contribution in [0.5, 0.6) is 0 Å². The first-order valence-electron chi connectivity index (χ1n) is 8.34. The standard InChI is InChI=1S/C10H13N5O4.C5H11NO2Se.Se/c11-8-5-9(13-2-12-8)15(3-14-5)10-7(18)6(17)4(1-16)19-10;1-9-3-2-4(6)5(7)8;/h2-4,6-7,10,16-18H,1H2,(H2,11,12,13);4H,2-3,6H2,1H3,(H,7,8);/t4-,6-,7-,10-;;/m1../s1. The van der Waals surface area contributed by atoms with Crippen LogP contribution in [0.25, 0.3) is 11.2 Å². The van der Waals surface area contributed by atoms with Crippen molar-refractivity contribution in [3.8, 4) is 0 Å². The summed E-state index contributed by atoms with van der Waals surface area (Å²) in [5.74, 6) is 1.40. The largest absolute Gasteiger partial charge is 0.394 e. The second kappa shape index (κ2) is 11.7. The van der Waals surface area contributed by atoms with Gasteiger partial charge in [-0.1, -0.05) is 0 Å². The molecule has 0 amide bonds. The van der Waals surface area contributed by atoms with Crippen molar-refractivity contribution < 1.29 is 30.0 Å². The van der Waals surface area contributed by atoms with E-state index < -0.39 is 43.2 Å². The van der Waals surface area contributed by atoms with Gasteiger partial charge in [-0.15, -0.1) is 0 Å². The van der Waals surface area contributed by atoms with Crippen molar-refractivity contribution in [2.24, 2.45) is 5.73 Å². The number of imidazole rings is 1. The first kappa shape index (κ1) is 25.7. The van der Waals surface area contributed by atoms with Gasteiger partial charge < -0.3 is 25.8 Å². The number of carboxylic acids is 1. The number of nitrogens with zero attached hydrogens (tertiary/aromatic N) is 4. The molecule has 0 saturated carbocycles. The maximum Gasteiger partial charge on any atom is 0.167 e. The molecule has 8 N–H and O–H groups in total. The predicted molar refractivity (Wildman–Crippen MR) is 105 cm³/mol. The van der Waals surface area contributed by atoms with Gasteiger partial charge in [-0.3, -0.25) is 4.57 Å². The fourth-order valence-corrected chi connectivity index (χ4v) is 3.56. The number of rotatable bonds is 6. The number of aliphatic carboxylic acids is 1. The third kappa shape index (κ3) is 6.07. The number of aromatic nitrogens is 4. The number of carbonyl (C=O) groups is 1. The van der Waals surface area contributed by atoms with Crippen molar-refractivity contribution in [2.75, 3.05) is 12.3 Å². The smallest absolute Gasteiger partial charge is 0.167 e. The predicted octanol–water partition coefficient (Wildman–Crippen LogP) is -2.40. The second-order valence-corrected chi connectivity index (χ2v) is 8.11. The molecule has 29 heavy (non-hydrogen) atoms. The van der Waals surface area contributed by atoms with Gasteiger partial charge in [-0.05, 0) is 0 Å². The number of ether oxygens (including phenoxy) is 1. The number of hydrogen-bond donors (Lipinski definition) is 6. The SMILES string of the molecule is C[Se]CCC(N)C(=O)O.Nc1ncnc2c1ncn2[C@@H]1O[C@H](CO)[C@@H](O)[C@H]1O.[Se]. The topological polar surface area (TPSA) is 203 Å². The minimum Gasteiger partial charge on any atom is -0.394 e. The molecule has 1 unspecified atom stereocenters. The average molecular weight is 542 g/mol. The van der Waals surface area contributed by atoms with Crippen molar-refractivity contribution in [3.05, 3.63) is 12.7 Å². The van der Waals surface area contributed by atoms with Crippen LogP contribution in [0.3, 0.4) is 0 Å². The van der Waals surface area contributed by atoms with E-state index in [0.29, 0.717) is 32.5 Å². The Balaban J connectivity index is 0.000000362. The Hall–Kier alpha value is -1.34.